The van der Waals surface area contributed by atoms with Gasteiger partial charge in [0.15, 0.2) is 0 Å². The van der Waals surface area contributed by atoms with Gasteiger partial charge in [0.05, 0.1) is 18.1 Å². The maximum absolute atomic E-state index is 12.0. The molecule has 0 atom stereocenters. The highest BCUT2D eigenvalue weighted by molar-refractivity contribution is 5.95. The number of carbonyl (C=O) groups is 1. The molecule has 7 nitrogen and oxygen atoms in total. The molecule has 0 bridgehead atoms. The van der Waals surface area contributed by atoms with Crippen molar-refractivity contribution >= 4 is 17.3 Å². The maximum Gasteiger partial charge on any atom is 0.293 e. The zero-order valence-electron chi connectivity index (χ0n) is 12.7. The summed E-state index contributed by atoms with van der Waals surface area (Å²) < 4.78 is 5.26. The molecule has 7 heteroatoms. The third kappa shape index (κ3) is 3.94. The quantitative estimate of drug-likeness (QED) is 0.493. The minimum atomic E-state index is -0.437. The molecular weight excluding hydrogens is 286 g/mol. The number of hydrogen-bond acceptors (Lipinski definition) is 5. The third-order valence-electron chi connectivity index (χ3n) is 3.60. The summed E-state index contributed by atoms with van der Waals surface area (Å²) in [5.41, 5.74) is 0.822. The summed E-state index contributed by atoms with van der Waals surface area (Å²) >= 11 is 0. The normalized spacial score (nSPS) is 14.7. The van der Waals surface area contributed by atoms with E-state index in [1.807, 2.05) is 11.8 Å². The van der Waals surface area contributed by atoms with Crippen molar-refractivity contribution in [1.29, 1.82) is 0 Å². The van der Waals surface area contributed by atoms with Gasteiger partial charge in [-0.3, -0.25) is 14.9 Å². The van der Waals surface area contributed by atoms with E-state index >= 15 is 0 Å². The molecule has 1 fully saturated rings. The van der Waals surface area contributed by atoms with Crippen LogP contribution in [0.4, 0.5) is 11.4 Å². The first kappa shape index (κ1) is 16.2. The van der Waals surface area contributed by atoms with Crippen LogP contribution in [0.5, 0.6) is 0 Å². The number of nitrogens with zero attached hydrogens (tertiary/aromatic N) is 2. The van der Waals surface area contributed by atoms with Gasteiger partial charge in [-0.2, -0.15) is 0 Å². The molecule has 22 heavy (non-hydrogen) atoms. The summed E-state index contributed by atoms with van der Waals surface area (Å²) in [5, 5.41) is 14.1. The lowest BCUT2D eigenvalue weighted by molar-refractivity contribution is -0.384. The first-order valence-corrected chi connectivity index (χ1v) is 7.52. The Morgan fingerprint density at radius 2 is 2.14 bits per heavy atom. The SMILES string of the molecule is CCCCNC(=O)c1ccc(N2CCOCC2)c([N+](=O)[O-])c1. The lowest BCUT2D eigenvalue weighted by atomic mass is 10.1. The molecule has 0 spiro atoms. The fourth-order valence-electron chi connectivity index (χ4n) is 2.36. The number of anilines is 1. The molecule has 120 valence electrons. The van der Waals surface area contributed by atoms with Crippen LogP contribution in [0.25, 0.3) is 0 Å². The van der Waals surface area contributed by atoms with Gasteiger partial charge >= 0.3 is 0 Å². The molecule has 0 aromatic heterocycles. The summed E-state index contributed by atoms with van der Waals surface area (Å²) in [6, 6.07) is 4.64. The monoisotopic (exact) mass is 307 g/mol. The van der Waals surface area contributed by atoms with Crippen LogP contribution in [-0.4, -0.2) is 43.7 Å². The summed E-state index contributed by atoms with van der Waals surface area (Å²) in [4.78, 5) is 24.8. The van der Waals surface area contributed by atoms with Crippen LogP contribution in [0, 0.1) is 10.1 Å². The average Bonchev–Trinajstić information content (AvgIpc) is 2.55. The predicted octanol–water partition coefficient (Wildman–Crippen LogP) is 1.96. The smallest absolute Gasteiger partial charge is 0.293 e. The first-order valence-electron chi connectivity index (χ1n) is 7.52. The molecule has 1 saturated heterocycles. The van der Waals surface area contributed by atoms with Crippen LogP contribution >= 0.6 is 0 Å². The Morgan fingerprint density at radius 1 is 1.41 bits per heavy atom. The van der Waals surface area contributed by atoms with Gasteiger partial charge in [0.25, 0.3) is 11.6 Å². The zero-order chi connectivity index (χ0) is 15.9. The molecule has 0 radical (unpaired) electrons. The Labute approximate surface area is 129 Å². The topological polar surface area (TPSA) is 84.7 Å². The predicted molar refractivity (Wildman–Crippen MR) is 83.4 cm³/mol. The van der Waals surface area contributed by atoms with Crippen molar-refractivity contribution in [3.05, 3.63) is 33.9 Å². The number of amides is 1. The first-order chi connectivity index (χ1) is 10.6. The zero-order valence-corrected chi connectivity index (χ0v) is 12.7. The molecule has 1 aliphatic rings. The van der Waals surface area contributed by atoms with E-state index < -0.39 is 4.92 Å². The largest absolute Gasteiger partial charge is 0.378 e. The van der Waals surface area contributed by atoms with Crippen LogP contribution < -0.4 is 10.2 Å². The van der Waals surface area contributed by atoms with Crippen LogP contribution in [0.2, 0.25) is 0 Å². The Hall–Kier alpha value is -2.15. The molecule has 1 heterocycles. The van der Waals surface area contributed by atoms with Gasteiger partial charge in [-0.1, -0.05) is 13.3 Å². The molecule has 1 amide bonds. The van der Waals surface area contributed by atoms with Crippen molar-refractivity contribution in [2.24, 2.45) is 0 Å². The minimum Gasteiger partial charge on any atom is -0.378 e. The van der Waals surface area contributed by atoms with Gasteiger partial charge in [-0.25, -0.2) is 0 Å². The minimum absolute atomic E-state index is 0.0370. The van der Waals surface area contributed by atoms with E-state index in [9.17, 15) is 14.9 Å². The van der Waals surface area contributed by atoms with Crippen molar-refractivity contribution in [3.63, 3.8) is 0 Å². The number of unbranched alkanes of at least 4 members (excludes halogenated alkanes) is 1. The molecule has 0 unspecified atom stereocenters. The molecule has 1 N–H and O–H groups in total. The van der Waals surface area contributed by atoms with E-state index in [2.05, 4.69) is 5.32 Å². The van der Waals surface area contributed by atoms with Crippen LogP contribution in [0.15, 0.2) is 18.2 Å². The van der Waals surface area contributed by atoms with E-state index in [1.54, 1.807) is 12.1 Å². The summed E-state index contributed by atoms with van der Waals surface area (Å²) in [7, 11) is 0. The van der Waals surface area contributed by atoms with Crippen molar-refractivity contribution < 1.29 is 14.5 Å². The molecule has 0 saturated carbocycles. The number of morpholine rings is 1. The third-order valence-corrected chi connectivity index (χ3v) is 3.60. The molecule has 2 rings (SSSR count). The highest BCUT2D eigenvalue weighted by atomic mass is 16.6. The fourth-order valence-corrected chi connectivity index (χ4v) is 2.36. The van der Waals surface area contributed by atoms with Crippen molar-refractivity contribution in [3.8, 4) is 0 Å². The molecule has 1 aliphatic heterocycles. The van der Waals surface area contributed by atoms with Crippen molar-refractivity contribution in [1.82, 2.24) is 5.32 Å². The van der Waals surface area contributed by atoms with E-state index in [0.29, 0.717) is 44.1 Å². The average molecular weight is 307 g/mol. The van der Waals surface area contributed by atoms with E-state index in [4.69, 9.17) is 4.74 Å². The highest BCUT2D eigenvalue weighted by Crippen LogP contribution is 2.29. The fraction of sp³-hybridized carbons (Fsp3) is 0.533. The standard InChI is InChI=1S/C15H21N3O4/c1-2-3-6-16-15(19)12-4-5-13(14(11-12)18(20)21)17-7-9-22-10-8-17/h4-5,11H,2-3,6-10H2,1H3,(H,16,19). The van der Waals surface area contributed by atoms with Crippen molar-refractivity contribution in [2.45, 2.75) is 19.8 Å². The Kier molecular flexibility index (Phi) is 5.71. The summed E-state index contributed by atoms with van der Waals surface area (Å²) in [6.07, 6.45) is 1.87. The summed E-state index contributed by atoms with van der Waals surface area (Å²) in [6.45, 7) is 4.95. The van der Waals surface area contributed by atoms with E-state index in [0.717, 1.165) is 12.8 Å². The van der Waals surface area contributed by atoms with E-state index in [-0.39, 0.29) is 11.6 Å². The summed E-state index contributed by atoms with van der Waals surface area (Å²) in [5.74, 6) is -0.273. The Bertz CT molecular complexity index is 542. The number of ether oxygens (including phenoxy) is 1. The number of rotatable bonds is 6. The molecule has 1 aromatic carbocycles. The number of carbonyl (C=O) groups excluding carboxylic acids is 1. The number of benzene rings is 1. The lowest BCUT2D eigenvalue weighted by Gasteiger charge is -2.28. The van der Waals surface area contributed by atoms with Crippen LogP contribution in [-0.2, 0) is 4.74 Å². The molecule has 0 aliphatic carbocycles. The lowest BCUT2D eigenvalue weighted by Crippen LogP contribution is -2.36. The Morgan fingerprint density at radius 3 is 2.77 bits per heavy atom. The van der Waals surface area contributed by atoms with E-state index in [1.165, 1.54) is 6.07 Å². The molecule has 1 aromatic rings. The second kappa shape index (κ2) is 7.74. The second-order valence-electron chi connectivity index (χ2n) is 5.17. The van der Waals surface area contributed by atoms with Gasteiger partial charge in [0.2, 0.25) is 0 Å². The van der Waals surface area contributed by atoms with Gasteiger partial charge in [-0.05, 0) is 18.6 Å². The number of nitro groups is 1. The Balaban J connectivity index is 2.19. The number of hydrogen-bond donors (Lipinski definition) is 1. The number of nitro benzene ring substituents is 1. The van der Waals surface area contributed by atoms with Crippen LogP contribution in [0.1, 0.15) is 30.1 Å². The van der Waals surface area contributed by atoms with Gasteiger partial charge in [0, 0.05) is 31.3 Å². The van der Waals surface area contributed by atoms with Crippen LogP contribution in [0.3, 0.4) is 0 Å². The highest BCUT2D eigenvalue weighted by Gasteiger charge is 2.23. The maximum atomic E-state index is 12.0. The number of nitrogens with one attached hydrogen (secondary N) is 1. The second-order valence-corrected chi connectivity index (χ2v) is 5.17. The van der Waals surface area contributed by atoms with Gasteiger partial charge in [-0.15, -0.1) is 0 Å². The van der Waals surface area contributed by atoms with Gasteiger partial charge in [0.1, 0.15) is 5.69 Å². The molecular formula is C15H21N3O4. The van der Waals surface area contributed by atoms with Crippen molar-refractivity contribution in [2.75, 3.05) is 37.7 Å². The van der Waals surface area contributed by atoms with Gasteiger partial charge < -0.3 is 15.0 Å².